The number of rotatable bonds is 3. The molecule has 0 aliphatic heterocycles. The fraction of sp³-hybridized carbons (Fsp3) is 0.308. The Labute approximate surface area is 99.6 Å². The van der Waals surface area contributed by atoms with Gasteiger partial charge in [0.1, 0.15) is 0 Å². The van der Waals surface area contributed by atoms with Crippen LogP contribution in [-0.4, -0.2) is 10.8 Å². The molecule has 0 saturated heterocycles. The zero-order chi connectivity index (χ0) is 11.7. The summed E-state index contributed by atoms with van der Waals surface area (Å²) >= 11 is 5.94. The molecule has 1 heterocycles. The number of hydrogen-bond acceptors (Lipinski definition) is 1. The third kappa shape index (κ3) is 1.85. The van der Waals surface area contributed by atoms with Crippen LogP contribution in [0.15, 0.2) is 24.4 Å². The molecule has 0 spiro atoms. The minimum atomic E-state index is 0.0537. The molecule has 0 radical (unpaired) electrons. The second kappa shape index (κ2) is 4.30. The van der Waals surface area contributed by atoms with E-state index >= 15 is 0 Å². The van der Waals surface area contributed by atoms with Gasteiger partial charge >= 0.3 is 0 Å². The summed E-state index contributed by atoms with van der Waals surface area (Å²) < 4.78 is 0. The van der Waals surface area contributed by atoms with E-state index in [2.05, 4.69) is 4.98 Å². The Balaban J connectivity index is 2.53. The molecule has 0 fully saturated rings. The Morgan fingerprint density at radius 3 is 2.94 bits per heavy atom. The van der Waals surface area contributed by atoms with Crippen molar-refractivity contribution in [1.82, 2.24) is 4.98 Å². The van der Waals surface area contributed by atoms with E-state index in [0.717, 1.165) is 22.9 Å². The van der Waals surface area contributed by atoms with Crippen LogP contribution in [-0.2, 0) is 0 Å². The van der Waals surface area contributed by atoms with Crippen molar-refractivity contribution in [2.24, 2.45) is 5.92 Å². The maximum absolute atomic E-state index is 12.1. The largest absolute Gasteiger partial charge is 0.360 e. The molecule has 3 heteroatoms. The van der Waals surface area contributed by atoms with Crippen LogP contribution < -0.4 is 0 Å². The average Bonchev–Trinajstić information content (AvgIpc) is 2.69. The number of H-pyrrole nitrogens is 1. The summed E-state index contributed by atoms with van der Waals surface area (Å²) in [6, 6.07) is 5.55. The van der Waals surface area contributed by atoms with Gasteiger partial charge < -0.3 is 4.98 Å². The summed E-state index contributed by atoms with van der Waals surface area (Å²) in [6.07, 6.45) is 2.63. The van der Waals surface area contributed by atoms with Gasteiger partial charge in [0.05, 0.1) is 0 Å². The van der Waals surface area contributed by atoms with Crippen LogP contribution in [0.5, 0.6) is 0 Å². The molecule has 0 saturated carbocycles. The van der Waals surface area contributed by atoms with Gasteiger partial charge in [0.2, 0.25) is 0 Å². The number of aromatic nitrogens is 1. The number of halogens is 1. The highest BCUT2D eigenvalue weighted by Crippen LogP contribution is 2.24. The first kappa shape index (κ1) is 11.2. The highest BCUT2D eigenvalue weighted by molar-refractivity contribution is 6.31. The van der Waals surface area contributed by atoms with Gasteiger partial charge in [-0.25, -0.2) is 0 Å². The molecule has 2 rings (SSSR count). The van der Waals surface area contributed by atoms with E-state index in [4.69, 9.17) is 11.6 Å². The Bertz CT molecular complexity index is 530. The number of aromatic amines is 1. The van der Waals surface area contributed by atoms with Gasteiger partial charge in [0, 0.05) is 33.6 Å². The topological polar surface area (TPSA) is 32.9 Å². The van der Waals surface area contributed by atoms with Gasteiger partial charge in [-0.15, -0.1) is 0 Å². The van der Waals surface area contributed by atoms with Crippen LogP contribution in [0.4, 0.5) is 0 Å². The first-order valence-corrected chi connectivity index (χ1v) is 5.82. The summed E-state index contributed by atoms with van der Waals surface area (Å²) in [5.41, 5.74) is 1.70. The van der Waals surface area contributed by atoms with Gasteiger partial charge in [-0.05, 0) is 24.6 Å². The molecule has 2 aromatic rings. The molecular formula is C13H14ClNO. The number of fused-ring (bicyclic) bond motifs is 1. The third-order valence-electron chi connectivity index (χ3n) is 2.97. The van der Waals surface area contributed by atoms with Gasteiger partial charge in [0.25, 0.3) is 0 Å². The number of Topliss-reactive ketones (excluding diaryl/α,β-unsaturated/α-hetero) is 1. The highest BCUT2D eigenvalue weighted by Gasteiger charge is 2.17. The summed E-state index contributed by atoms with van der Waals surface area (Å²) in [5, 5.41) is 1.57. The molecule has 1 atom stereocenters. The number of ketones is 1. The quantitative estimate of drug-likeness (QED) is 0.800. The van der Waals surface area contributed by atoms with Crippen molar-refractivity contribution in [2.75, 3.05) is 0 Å². The van der Waals surface area contributed by atoms with Crippen LogP contribution in [0, 0.1) is 5.92 Å². The smallest absolute Gasteiger partial charge is 0.167 e. The summed E-state index contributed by atoms with van der Waals surface area (Å²) in [7, 11) is 0. The van der Waals surface area contributed by atoms with E-state index in [1.165, 1.54) is 0 Å². The van der Waals surface area contributed by atoms with Crippen molar-refractivity contribution in [3.05, 3.63) is 35.0 Å². The van der Waals surface area contributed by atoms with Crippen LogP contribution in [0.25, 0.3) is 10.9 Å². The van der Waals surface area contributed by atoms with E-state index < -0.39 is 0 Å². The summed E-state index contributed by atoms with van der Waals surface area (Å²) in [5.74, 6) is 0.231. The highest BCUT2D eigenvalue weighted by atomic mass is 35.5. The van der Waals surface area contributed by atoms with E-state index in [1.54, 1.807) is 6.20 Å². The zero-order valence-corrected chi connectivity index (χ0v) is 10.1. The molecule has 16 heavy (non-hydrogen) atoms. The fourth-order valence-electron chi connectivity index (χ4n) is 1.75. The third-order valence-corrected chi connectivity index (χ3v) is 3.20. The second-order valence-corrected chi connectivity index (χ2v) is 4.50. The van der Waals surface area contributed by atoms with Gasteiger partial charge in [-0.1, -0.05) is 25.4 Å². The Kier molecular flexibility index (Phi) is 3.01. The first-order chi connectivity index (χ1) is 7.63. The van der Waals surface area contributed by atoms with Crippen molar-refractivity contribution in [3.8, 4) is 0 Å². The number of nitrogens with one attached hydrogen (secondary N) is 1. The lowest BCUT2D eigenvalue weighted by molar-refractivity contribution is 0.0929. The minimum absolute atomic E-state index is 0.0537. The lowest BCUT2D eigenvalue weighted by atomic mass is 9.97. The standard InChI is InChI=1S/C13H14ClNO/c1-3-8(2)13(16)11-7-15-12-5-4-9(14)6-10(11)12/h4-8,15H,3H2,1-2H3. The average molecular weight is 236 g/mol. The second-order valence-electron chi connectivity index (χ2n) is 4.07. The Morgan fingerprint density at radius 1 is 1.50 bits per heavy atom. The van der Waals surface area contributed by atoms with Gasteiger partial charge in [0.15, 0.2) is 5.78 Å². The first-order valence-electron chi connectivity index (χ1n) is 5.44. The number of hydrogen-bond donors (Lipinski definition) is 1. The molecule has 1 N–H and O–H groups in total. The zero-order valence-electron chi connectivity index (χ0n) is 9.38. The fourth-order valence-corrected chi connectivity index (χ4v) is 1.92. The molecule has 0 aliphatic carbocycles. The predicted molar refractivity (Wildman–Crippen MR) is 67.1 cm³/mol. The van der Waals surface area contributed by atoms with E-state index in [1.807, 2.05) is 32.0 Å². The lowest BCUT2D eigenvalue weighted by Gasteiger charge is -2.05. The van der Waals surface area contributed by atoms with Crippen molar-refractivity contribution in [2.45, 2.75) is 20.3 Å². The maximum atomic E-state index is 12.1. The number of carbonyl (C=O) groups excluding carboxylic acids is 1. The van der Waals surface area contributed by atoms with Gasteiger partial charge in [-0.2, -0.15) is 0 Å². The van der Waals surface area contributed by atoms with Crippen LogP contribution in [0.1, 0.15) is 30.6 Å². The molecule has 84 valence electrons. The Morgan fingerprint density at radius 2 is 2.25 bits per heavy atom. The van der Waals surface area contributed by atoms with Crippen LogP contribution in [0.3, 0.4) is 0 Å². The number of benzene rings is 1. The normalized spacial score (nSPS) is 12.9. The van der Waals surface area contributed by atoms with E-state index in [0.29, 0.717) is 5.02 Å². The lowest BCUT2D eigenvalue weighted by Crippen LogP contribution is -2.09. The molecule has 0 aliphatic rings. The van der Waals surface area contributed by atoms with Crippen molar-refractivity contribution < 1.29 is 4.79 Å². The molecule has 1 aromatic heterocycles. The Hall–Kier alpha value is -1.28. The molecule has 0 bridgehead atoms. The monoisotopic (exact) mass is 235 g/mol. The van der Waals surface area contributed by atoms with Crippen LogP contribution in [0.2, 0.25) is 5.02 Å². The van der Waals surface area contributed by atoms with Crippen LogP contribution >= 0.6 is 11.6 Å². The molecule has 1 aromatic carbocycles. The molecular weight excluding hydrogens is 222 g/mol. The van der Waals surface area contributed by atoms with E-state index in [9.17, 15) is 4.79 Å². The van der Waals surface area contributed by atoms with Crippen molar-refractivity contribution in [3.63, 3.8) is 0 Å². The predicted octanol–water partition coefficient (Wildman–Crippen LogP) is 4.05. The summed E-state index contributed by atoms with van der Waals surface area (Å²) in [6.45, 7) is 3.97. The summed E-state index contributed by atoms with van der Waals surface area (Å²) in [4.78, 5) is 15.2. The molecule has 2 nitrogen and oxygen atoms in total. The SMILES string of the molecule is CCC(C)C(=O)c1c[nH]c2ccc(Cl)cc12. The minimum Gasteiger partial charge on any atom is -0.360 e. The van der Waals surface area contributed by atoms with Crippen molar-refractivity contribution in [1.29, 1.82) is 0 Å². The van der Waals surface area contributed by atoms with E-state index in [-0.39, 0.29) is 11.7 Å². The maximum Gasteiger partial charge on any atom is 0.167 e. The molecule has 0 amide bonds. The van der Waals surface area contributed by atoms with Crippen molar-refractivity contribution >= 4 is 28.3 Å². The molecule has 1 unspecified atom stereocenters. The van der Waals surface area contributed by atoms with Gasteiger partial charge in [-0.3, -0.25) is 4.79 Å². The number of carbonyl (C=O) groups is 1.